The number of ketones is 1. The maximum Gasteiger partial charge on any atom is 0.387 e. The van der Waals surface area contributed by atoms with Crippen molar-refractivity contribution < 1.29 is 35.1 Å². The van der Waals surface area contributed by atoms with Crippen molar-refractivity contribution in [1.29, 1.82) is 0 Å². The molecule has 0 spiro atoms. The normalized spacial score (nSPS) is 14.4. The zero-order chi connectivity index (χ0) is 30.5. The lowest BCUT2D eigenvalue weighted by Gasteiger charge is -2.14. The summed E-state index contributed by atoms with van der Waals surface area (Å²) in [7, 11) is -7.01. The van der Waals surface area contributed by atoms with E-state index in [1.807, 2.05) is 22.8 Å². The largest absolute Gasteiger partial charge is 0.434 e. The minimum Gasteiger partial charge on any atom is -0.434 e. The first-order chi connectivity index (χ1) is 20.4. The van der Waals surface area contributed by atoms with Gasteiger partial charge in [0, 0.05) is 23.8 Å². The Morgan fingerprint density at radius 2 is 1.67 bits per heavy atom. The Morgan fingerprint density at radius 3 is 2.40 bits per heavy atom. The second-order valence-electron chi connectivity index (χ2n) is 10.3. The van der Waals surface area contributed by atoms with Crippen molar-refractivity contribution in [3.8, 4) is 16.9 Å². The molecule has 43 heavy (non-hydrogen) atoms. The van der Waals surface area contributed by atoms with Crippen LogP contribution in [0.25, 0.3) is 22.2 Å². The predicted octanol–water partition coefficient (Wildman–Crippen LogP) is 5.32. The second-order valence-corrected chi connectivity index (χ2v) is 14.3. The summed E-state index contributed by atoms with van der Waals surface area (Å²) in [5, 5.41) is 0. The fourth-order valence-corrected chi connectivity index (χ4v) is 7.33. The van der Waals surface area contributed by atoms with Crippen LogP contribution in [0.3, 0.4) is 0 Å². The van der Waals surface area contributed by atoms with Crippen LogP contribution in [0.4, 0.5) is 8.78 Å². The lowest BCUT2D eigenvalue weighted by atomic mass is 10.0. The van der Waals surface area contributed by atoms with Gasteiger partial charge >= 0.3 is 6.61 Å². The van der Waals surface area contributed by atoms with Crippen LogP contribution in [0.2, 0.25) is 0 Å². The van der Waals surface area contributed by atoms with E-state index in [4.69, 9.17) is 9.72 Å². The minimum atomic E-state index is -3.65. The Balaban J connectivity index is 1.46. The van der Waals surface area contributed by atoms with Crippen LogP contribution >= 0.6 is 0 Å². The Bertz CT molecular complexity index is 2120. The summed E-state index contributed by atoms with van der Waals surface area (Å²) in [6.07, 6.45) is 1.37. The predicted molar refractivity (Wildman–Crippen MR) is 156 cm³/mol. The number of nitrogens with zero attached hydrogens (tertiary/aromatic N) is 2. The molecule has 0 amide bonds. The highest BCUT2D eigenvalue weighted by Gasteiger charge is 2.33. The molecule has 0 aliphatic carbocycles. The molecule has 220 valence electrons. The standard InChI is InChI=1S/C31H24F2N2O6S2/c1-42(37,38)23-10-7-20(8-11-23)21-9-12-25-26(16-21)35(17-22-4-2-3-5-28(22)41-31(32)33)30(34-25)15-19-6-13-29-24(14-19)27(36)18-43(29,39)40/h2-14,16,31H,15,17-18H2,1H3. The molecule has 0 saturated heterocycles. The first kappa shape index (κ1) is 28.7. The maximum absolute atomic E-state index is 13.2. The fourth-order valence-electron chi connectivity index (χ4n) is 5.26. The molecule has 0 N–H and O–H groups in total. The summed E-state index contributed by atoms with van der Waals surface area (Å²) in [5.41, 5.74) is 4.16. The Hall–Kier alpha value is -4.42. The Morgan fingerprint density at radius 1 is 0.953 bits per heavy atom. The molecule has 8 nitrogen and oxygen atoms in total. The molecule has 0 radical (unpaired) electrons. The third-order valence-corrected chi connectivity index (χ3v) is 10.1. The van der Waals surface area contributed by atoms with Gasteiger partial charge in [-0.3, -0.25) is 4.79 Å². The van der Waals surface area contributed by atoms with Gasteiger partial charge in [0.25, 0.3) is 0 Å². The minimum absolute atomic E-state index is 0.0133. The van der Waals surface area contributed by atoms with Gasteiger partial charge in [-0.1, -0.05) is 42.5 Å². The van der Waals surface area contributed by atoms with E-state index in [1.54, 1.807) is 42.5 Å². The van der Waals surface area contributed by atoms with E-state index in [1.165, 1.54) is 24.3 Å². The molecule has 1 aliphatic rings. The van der Waals surface area contributed by atoms with E-state index in [-0.39, 0.29) is 34.1 Å². The number of imidazole rings is 1. The van der Waals surface area contributed by atoms with Crippen molar-refractivity contribution in [2.24, 2.45) is 0 Å². The van der Waals surface area contributed by atoms with Crippen molar-refractivity contribution in [1.82, 2.24) is 9.55 Å². The van der Waals surface area contributed by atoms with Crippen molar-refractivity contribution in [3.63, 3.8) is 0 Å². The van der Waals surface area contributed by atoms with Gasteiger partial charge in [0.15, 0.2) is 25.5 Å². The van der Waals surface area contributed by atoms with Gasteiger partial charge in [-0.25, -0.2) is 21.8 Å². The van der Waals surface area contributed by atoms with Crippen LogP contribution in [0, 0.1) is 0 Å². The summed E-state index contributed by atoms with van der Waals surface area (Å²) in [4.78, 5) is 17.4. The first-order valence-electron chi connectivity index (χ1n) is 13.1. The number of fused-ring (bicyclic) bond motifs is 2. The second kappa shape index (κ2) is 10.7. The van der Waals surface area contributed by atoms with Crippen molar-refractivity contribution in [2.45, 2.75) is 29.4 Å². The van der Waals surface area contributed by atoms with Crippen LogP contribution in [0.1, 0.15) is 27.3 Å². The van der Waals surface area contributed by atoms with E-state index >= 15 is 0 Å². The van der Waals surface area contributed by atoms with Crippen LogP contribution in [0.5, 0.6) is 5.75 Å². The highest BCUT2D eigenvalue weighted by Crippen LogP contribution is 2.31. The number of benzene rings is 4. The van der Waals surface area contributed by atoms with Crippen LogP contribution in [0.15, 0.2) is 94.7 Å². The monoisotopic (exact) mass is 622 g/mol. The summed E-state index contributed by atoms with van der Waals surface area (Å²) in [6, 6.07) is 23.1. The number of rotatable bonds is 8. The number of carbonyl (C=O) groups excluding carboxylic acids is 1. The molecule has 0 saturated carbocycles. The van der Waals surface area contributed by atoms with E-state index in [2.05, 4.69) is 0 Å². The zero-order valence-corrected chi connectivity index (χ0v) is 24.3. The van der Waals surface area contributed by atoms with Gasteiger partial charge in [-0.15, -0.1) is 0 Å². The maximum atomic E-state index is 13.2. The fraction of sp³-hybridized carbons (Fsp3) is 0.161. The Kier molecular flexibility index (Phi) is 7.13. The van der Waals surface area contributed by atoms with Crippen molar-refractivity contribution in [3.05, 3.63) is 107 Å². The summed E-state index contributed by atoms with van der Waals surface area (Å²) in [5.74, 6) is -0.445. The van der Waals surface area contributed by atoms with Gasteiger partial charge in [0.2, 0.25) is 0 Å². The topological polar surface area (TPSA) is 112 Å². The van der Waals surface area contributed by atoms with Gasteiger partial charge in [-0.2, -0.15) is 8.78 Å². The molecule has 5 aromatic rings. The number of para-hydroxylation sites is 1. The SMILES string of the molecule is CS(=O)(=O)c1ccc(-c2ccc3nc(Cc4ccc5c(c4)C(=O)CS5(=O)=O)n(Cc4ccccc4OC(F)F)c3c2)cc1. The average Bonchev–Trinajstić information content (AvgIpc) is 3.40. The van der Waals surface area contributed by atoms with E-state index in [0.717, 1.165) is 17.4 Å². The first-order valence-corrected chi connectivity index (χ1v) is 16.6. The number of carbonyl (C=O) groups is 1. The van der Waals surface area contributed by atoms with Crippen molar-refractivity contribution >= 4 is 36.5 Å². The zero-order valence-electron chi connectivity index (χ0n) is 22.7. The molecule has 0 bridgehead atoms. The average molecular weight is 623 g/mol. The van der Waals surface area contributed by atoms with E-state index in [9.17, 15) is 30.4 Å². The van der Waals surface area contributed by atoms with Crippen LogP contribution in [-0.4, -0.2) is 50.8 Å². The summed E-state index contributed by atoms with van der Waals surface area (Å²) < 4.78 is 81.4. The van der Waals surface area contributed by atoms with Crippen LogP contribution in [-0.2, 0) is 32.6 Å². The smallest absolute Gasteiger partial charge is 0.387 e. The number of Topliss-reactive ketones (excluding diaryl/α,β-unsaturated/α-hetero) is 1. The number of ether oxygens (including phenoxy) is 1. The molecule has 2 heterocycles. The number of hydrogen-bond donors (Lipinski definition) is 0. The van der Waals surface area contributed by atoms with Gasteiger partial charge in [0.1, 0.15) is 17.3 Å². The molecule has 12 heteroatoms. The quantitative estimate of drug-likeness (QED) is 0.230. The number of halogens is 2. The van der Waals surface area contributed by atoms with Crippen LogP contribution < -0.4 is 4.74 Å². The van der Waals surface area contributed by atoms with Gasteiger partial charge in [0.05, 0.1) is 27.4 Å². The molecular weight excluding hydrogens is 598 g/mol. The highest BCUT2D eigenvalue weighted by molar-refractivity contribution is 7.92. The van der Waals surface area contributed by atoms with E-state index in [0.29, 0.717) is 28.0 Å². The van der Waals surface area contributed by atoms with Gasteiger partial charge in [-0.05, 0) is 59.2 Å². The molecule has 1 aromatic heterocycles. The lowest BCUT2D eigenvalue weighted by Crippen LogP contribution is -2.10. The molecule has 0 unspecified atom stereocenters. The van der Waals surface area contributed by atoms with Crippen molar-refractivity contribution in [2.75, 3.05) is 12.0 Å². The third-order valence-electron chi connectivity index (χ3n) is 7.32. The molecule has 4 aromatic carbocycles. The van der Waals surface area contributed by atoms with E-state index < -0.39 is 37.8 Å². The highest BCUT2D eigenvalue weighted by atomic mass is 32.2. The lowest BCUT2D eigenvalue weighted by molar-refractivity contribution is -0.0504. The number of aromatic nitrogens is 2. The molecular formula is C31H24F2N2O6S2. The van der Waals surface area contributed by atoms with Gasteiger partial charge < -0.3 is 9.30 Å². The number of hydrogen-bond acceptors (Lipinski definition) is 7. The number of alkyl halides is 2. The number of sulfone groups is 2. The summed E-state index contributed by atoms with van der Waals surface area (Å²) >= 11 is 0. The molecule has 1 aliphatic heterocycles. The summed E-state index contributed by atoms with van der Waals surface area (Å²) in [6.45, 7) is -2.88. The molecule has 0 atom stereocenters. The Labute approximate surface area is 246 Å². The molecule has 6 rings (SSSR count). The third kappa shape index (κ3) is 5.67. The molecule has 0 fully saturated rings.